The Hall–Kier alpha value is -2.26. The first-order valence-electron chi connectivity index (χ1n) is 12.8. The van der Waals surface area contributed by atoms with E-state index in [1.54, 1.807) is 28.6 Å². The number of rotatable bonds is 6. The number of benzene rings is 2. The topological polar surface area (TPSA) is 81.8 Å². The number of nitrogens with zero attached hydrogens (tertiary/aromatic N) is 2. The van der Waals surface area contributed by atoms with E-state index in [0.717, 1.165) is 37.8 Å². The molecule has 35 heavy (non-hydrogen) atoms. The molecule has 5 rings (SSSR count). The maximum absolute atomic E-state index is 13.2. The van der Waals surface area contributed by atoms with Gasteiger partial charge in [0.1, 0.15) is 0 Å². The number of carbonyl (C=O) groups is 1. The van der Waals surface area contributed by atoms with E-state index >= 15 is 0 Å². The predicted molar refractivity (Wildman–Crippen MR) is 136 cm³/mol. The quantitative estimate of drug-likeness (QED) is 0.643. The Morgan fingerprint density at radius 3 is 2.26 bits per heavy atom. The van der Waals surface area contributed by atoms with Gasteiger partial charge in [0.05, 0.1) is 10.8 Å². The van der Waals surface area contributed by atoms with Crippen molar-refractivity contribution in [2.75, 3.05) is 19.6 Å². The van der Waals surface area contributed by atoms with Crippen molar-refractivity contribution in [3.8, 4) is 0 Å². The largest absolute Gasteiger partial charge is 0.352 e. The van der Waals surface area contributed by atoms with E-state index in [-0.39, 0.29) is 23.9 Å². The number of amides is 1. The molecule has 8 heteroatoms. The lowest BCUT2D eigenvalue weighted by Crippen LogP contribution is -2.49. The van der Waals surface area contributed by atoms with Crippen molar-refractivity contribution in [2.45, 2.75) is 56.1 Å². The third-order valence-electron chi connectivity index (χ3n) is 8.17. The van der Waals surface area contributed by atoms with Crippen molar-refractivity contribution in [3.63, 3.8) is 0 Å². The molecule has 3 fully saturated rings. The monoisotopic (exact) mass is 496 g/mol. The Kier molecular flexibility index (Phi) is 7.25. The van der Waals surface area contributed by atoms with Gasteiger partial charge in [-0.3, -0.25) is 10.2 Å². The molecule has 2 aromatic carbocycles. The van der Waals surface area contributed by atoms with Crippen LogP contribution >= 0.6 is 0 Å². The zero-order chi connectivity index (χ0) is 24.4. The Balaban J connectivity index is 1.19. The summed E-state index contributed by atoms with van der Waals surface area (Å²) in [5, 5.41) is 5.44. The summed E-state index contributed by atoms with van der Waals surface area (Å²) in [4.78, 5) is 13.6. The van der Waals surface area contributed by atoms with Crippen LogP contribution in [0.5, 0.6) is 0 Å². The number of hydrazine groups is 1. The summed E-state index contributed by atoms with van der Waals surface area (Å²) in [6.45, 7) is 4.73. The van der Waals surface area contributed by atoms with Crippen LogP contribution in [0.4, 0.5) is 0 Å². The van der Waals surface area contributed by atoms with Crippen LogP contribution in [0.2, 0.25) is 0 Å². The molecule has 4 atom stereocenters. The molecule has 3 aliphatic heterocycles. The second-order valence-electron chi connectivity index (χ2n) is 10.2. The Bertz CT molecular complexity index is 1100. The number of hydrogen-bond donors (Lipinski definition) is 2. The molecule has 2 aromatic rings. The normalized spacial score (nSPS) is 28.5. The van der Waals surface area contributed by atoms with E-state index in [0.29, 0.717) is 36.4 Å². The van der Waals surface area contributed by atoms with Crippen LogP contribution in [0.25, 0.3) is 0 Å². The van der Waals surface area contributed by atoms with E-state index in [1.165, 1.54) is 0 Å². The molecule has 3 saturated heterocycles. The zero-order valence-electron chi connectivity index (χ0n) is 20.3. The third kappa shape index (κ3) is 5.16. The van der Waals surface area contributed by atoms with Gasteiger partial charge in [-0.1, -0.05) is 48.5 Å². The minimum atomic E-state index is -3.42. The van der Waals surface area contributed by atoms with E-state index < -0.39 is 10.0 Å². The molecule has 3 heterocycles. The van der Waals surface area contributed by atoms with Crippen LogP contribution in [0.3, 0.4) is 0 Å². The summed E-state index contributed by atoms with van der Waals surface area (Å²) >= 11 is 0. The van der Waals surface area contributed by atoms with Crippen molar-refractivity contribution in [1.29, 1.82) is 0 Å². The lowest BCUT2D eigenvalue weighted by atomic mass is 9.74. The maximum Gasteiger partial charge on any atom is 0.243 e. The molecule has 4 unspecified atom stereocenters. The van der Waals surface area contributed by atoms with Crippen molar-refractivity contribution in [3.05, 3.63) is 66.2 Å². The number of sulfonamides is 1. The van der Waals surface area contributed by atoms with E-state index in [1.807, 2.05) is 36.4 Å². The van der Waals surface area contributed by atoms with E-state index in [9.17, 15) is 13.2 Å². The molecule has 188 valence electrons. The molecule has 0 bridgehead atoms. The van der Waals surface area contributed by atoms with Gasteiger partial charge in [0, 0.05) is 38.3 Å². The molecule has 2 N–H and O–H groups in total. The van der Waals surface area contributed by atoms with Gasteiger partial charge < -0.3 is 5.32 Å². The van der Waals surface area contributed by atoms with Gasteiger partial charge in [0.25, 0.3) is 0 Å². The second kappa shape index (κ2) is 10.4. The molecular weight excluding hydrogens is 460 g/mol. The van der Waals surface area contributed by atoms with Crippen LogP contribution in [-0.2, 0) is 21.4 Å². The molecule has 0 spiro atoms. The smallest absolute Gasteiger partial charge is 0.243 e. The lowest BCUT2D eigenvalue weighted by Gasteiger charge is -2.42. The average Bonchev–Trinajstić information content (AvgIpc) is 3.23. The fourth-order valence-corrected chi connectivity index (χ4v) is 7.75. The fourth-order valence-electron chi connectivity index (χ4n) is 6.26. The Morgan fingerprint density at radius 2 is 1.57 bits per heavy atom. The van der Waals surface area contributed by atoms with Crippen LogP contribution in [0.15, 0.2) is 65.6 Å². The number of carbonyl (C=O) groups excluding carboxylic acids is 1. The summed E-state index contributed by atoms with van der Waals surface area (Å²) < 4.78 is 27.7. The molecule has 3 aliphatic rings. The molecular formula is C27H36N4O3S. The van der Waals surface area contributed by atoms with Gasteiger partial charge in [-0.15, -0.1) is 0 Å². The van der Waals surface area contributed by atoms with Crippen molar-refractivity contribution in [1.82, 2.24) is 20.1 Å². The first kappa shape index (κ1) is 24.4. The zero-order valence-corrected chi connectivity index (χ0v) is 21.2. The predicted octanol–water partition coefficient (Wildman–Crippen LogP) is 3.01. The lowest BCUT2D eigenvalue weighted by molar-refractivity contribution is -0.126. The fraction of sp³-hybridized carbons (Fsp3) is 0.519. The summed E-state index contributed by atoms with van der Waals surface area (Å²) in [7, 11) is -3.42. The Labute approximate surface area is 208 Å². The van der Waals surface area contributed by atoms with Gasteiger partial charge in [-0.2, -0.15) is 4.31 Å². The minimum Gasteiger partial charge on any atom is -0.352 e. The Morgan fingerprint density at radius 1 is 0.943 bits per heavy atom. The van der Waals surface area contributed by atoms with Gasteiger partial charge >= 0.3 is 0 Å². The standard InChI is InChI=1S/C27H36N4O3S/c1-20-26(27(32)28-19-21-8-4-2-5-9-21)25-18-23(14-17-31(25)29-20)22-12-15-30(16-13-22)35(33,34)24-10-6-3-7-11-24/h2-11,20,22-23,25-26,29H,12-19H2,1H3,(H,28,32). The van der Waals surface area contributed by atoms with Crippen LogP contribution < -0.4 is 10.7 Å². The molecule has 0 aliphatic carbocycles. The highest BCUT2D eigenvalue weighted by atomic mass is 32.2. The molecule has 0 saturated carbocycles. The third-order valence-corrected chi connectivity index (χ3v) is 10.1. The van der Waals surface area contributed by atoms with Gasteiger partial charge in [-0.05, 0) is 62.1 Å². The SMILES string of the molecule is CC1NN2CCC(C3CCN(S(=O)(=O)c4ccccc4)CC3)CC2C1C(=O)NCc1ccccc1. The molecule has 1 amide bonds. The van der Waals surface area contributed by atoms with Gasteiger partial charge in [0.2, 0.25) is 15.9 Å². The highest BCUT2D eigenvalue weighted by molar-refractivity contribution is 7.89. The highest BCUT2D eigenvalue weighted by Crippen LogP contribution is 2.40. The molecule has 0 radical (unpaired) electrons. The molecule has 7 nitrogen and oxygen atoms in total. The summed E-state index contributed by atoms with van der Waals surface area (Å²) in [6, 6.07) is 19.1. The number of hydrogen-bond acceptors (Lipinski definition) is 5. The van der Waals surface area contributed by atoms with Crippen LogP contribution in [0, 0.1) is 17.8 Å². The number of fused-ring (bicyclic) bond motifs is 1. The molecule has 0 aromatic heterocycles. The first-order chi connectivity index (χ1) is 16.9. The van der Waals surface area contributed by atoms with Crippen molar-refractivity contribution < 1.29 is 13.2 Å². The van der Waals surface area contributed by atoms with Crippen LogP contribution in [-0.4, -0.2) is 55.4 Å². The van der Waals surface area contributed by atoms with Crippen LogP contribution in [0.1, 0.15) is 38.2 Å². The number of piperidine rings is 2. The van der Waals surface area contributed by atoms with E-state index in [2.05, 4.69) is 22.7 Å². The summed E-state index contributed by atoms with van der Waals surface area (Å²) in [5.74, 6) is 1.06. The minimum absolute atomic E-state index is 0.0833. The number of nitrogens with one attached hydrogen (secondary N) is 2. The van der Waals surface area contributed by atoms with Gasteiger partial charge in [0.15, 0.2) is 0 Å². The summed E-state index contributed by atoms with van der Waals surface area (Å²) in [6.07, 6.45) is 3.84. The first-order valence-corrected chi connectivity index (χ1v) is 14.3. The summed E-state index contributed by atoms with van der Waals surface area (Å²) in [5.41, 5.74) is 4.65. The highest BCUT2D eigenvalue weighted by Gasteiger charge is 2.47. The van der Waals surface area contributed by atoms with Crippen molar-refractivity contribution in [2.24, 2.45) is 17.8 Å². The van der Waals surface area contributed by atoms with Gasteiger partial charge in [-0.25, -0.2) is 13.4 Å². The van der Waals surface area contributed by atoms with Crippen molar-refractivity contribution >= 4 is 15.9 Å². The second-order valence-corrected chi connectivity index (χ2v) is 12.2. The average molecular weight is 497 g/mol. The maximum atomic E-state index is 13.2. The van der Waals surface area contributed by atoms with E-state index in [4.69, 9.17) is 0 Å².